The summed E-state index contributed by atoms with van der Waals surface area (Å²) in [5.41, 5.74) is 3.69. The molecule has 1 unspecified atom stereocenters. The van der Waals surface area contributed by atoms with Crippen LogP contribution in [0.25, 0.3) is 22.5 Å². The molecule has 5 rings (SSSR count). The number of benzene rings is 1. The summed E-state index contributed by atoms with van der Waals surface area (Å²) >= 11 is 0. The number of nitrogens with zero attached hydrogens (tertiary/aromatic N) is 4. The minimum absolute atomic E-state index is 0.192. The minimum atomic E-state index is -2.76. The monoisotopic (exact) mass is 411 g/mol. The van der Waals surface area contributed by atoms with E-state index in [0.717, 1.165) is 41.8 Å². The number of hydrogen-bond donors (Lipinski definition) is 1. The summed E-state index contributed by atoms with van der Waals surface area (Å²) in [6.07, 6.45) is 2.18. The van der Waals surface area contributed by atoms with Gasteiger partial charge in [-0.1, -0.05) is 37.3 Å². The van der Waals surface area contributed by atoms with Crippen molar-refractivity contribution in [3.05, 3.63) is 47.3 Å². The number of nitrogens with one attached hydrogen (secondary N) is 1. The Bertz CT molecular complexity index is 1050. The number of tetrazole rings is 1. The lowest BCUT2D eigenvalue weighted by Crippen LogP contribution is -2.32. The van der Waals surface area contributed by atoms with Crippen LogP contribution in [0.15, 0.2) is 30.3 Å². The van der Waals surface area contributed by atoms with Gasteiger partial charge in [-0.3, -0.25) is 4.98 Å². The first-order chi connectivity index (χ1) is 14.5. The third-order valence-electron chi connectivity index (χ3n) is 6.28. The van der Waals surface area contributed by atoms with Crippen LogP contribution in [0, 0.1) is 0 Å². The zero-order chi connectivity index (χ0) is 20.8. The van der Waals surface area contributed by atoms with Gasteiger partial charge in [0.2, 0.25) is 5.82 Å². The van der Waals surface area contributed by atoms with E-state index in [1.807, 2.05) is 30.3 Å². The number of ether oxygens (including phenoxy) is 1. The van der Waals surface area contributed by atoms with Crippen LogP contribution in [-0.4, -0.2) is 38.1 Å². The second-order valence-electron chi connectivity index (χ2n) is 8.07. The summed E-state index contributed by atoms with van der Waals surface area (Å²) in [4.78, 5) is 4.97. The van der Waals surface area contributed by atoms with E-state index in [1.165, 1.54) is 0 Å². The number of alkyl halides is 2. The summed E-state index contributed by atoms with van der Waals surface area (Å²) in [7, 11) is 0. The van der Waals surface area contributed by atoms with E-state index in [4.69, 9.17) is 9.72 Å². The normalized spacial score (nSPS) is 22.8. The molecule has 0 saturated carbocycles. The van der Waals surface area contributed by atoms with Gasteiger partial charge < -0.3 is 4.74 Å². The van der Waals surface area contributed by atoms with Gasteiger partial charge in [0.15, 0.2) is 0 Å². The standard InChI is InChI=1S/C22H23F2N5O/c1-2-21(10-6-12-30-21)19-18(20-26-28-29-27-20)17(14-7-4-3-5-8-14)15-13-22(23,24)11-9-16(15)25-19/h3-5,7-8H,2,6,9-13H2,1H3,(H,26,27,28,29). The predicted octanol–water partition coefficient (Wildman–Crippen LogP) is 4.47. The molecule has 2 aromatic heterocycles. The Labute approximate surface area is 173 Å². The van der Waals surface area contributed by atoms with Crippen molar-refractivity contribution in [1.29, 1.82) is 0 Å². The maximum absolute atomic E-state index is 14.5. The molecular formula is C22H23F2N5O. The summed E-state index contributed by atoms with van der Waals surface area (Å²) in [5, 5.41) is 14.7. The van der Waals surface area contributed by atoms with Crippen molar-refractivity contribution >= 4 is 0 Å². The van der Waals surface area contributed by atoms with Crippen LogP contribution in [0.1, 0.15) is 49.6 Å². The van der Waals surface area contributed by atoms with Crippen LogP contribution in [0.5, 0.6) is 0 Å². The van der Waals surface area contributed by atoms with Crippen molar-refractivity contribution in [3.63, 3.8) is 0 Å². The Balaban J connectivity index is 1.87. The highest BCUT2D eigenvalue weighted by molar-refractivity contribution is 5.86. The molecule has 3 aromatic rings. The van der Waals surface area contributed by atoms with Crippen LogP contribution in [0.4, 0.5) is 8.78 Å². The molecule has 6 nitrogen and oxygen atoms in total. The molecular weight excluding hydrogens is 388 g/mol. The van der Waals surface area contributed by atoms with Crippen molar-refractivity contribution in [2.75, 3.05) is 6.61 Å². The zero-order valence-corrected chi connectivity index (χ0v) is 16.8. The molecule has 1 aliphatic heterocycles. The molecule has 1 fully saturated rings. The number of fused-ring (bicyclic) bond motifs is 1. The van der Waals surface area contributed by atoms with Crippen molar-refractivity contribution in [2.24, 2.45) is 0 Å². The lowest BCUT2D eigenvalue weighted by molar-refractivity contribution is -0.0144. The lowest BCUT2D eigenvalue weighted by Gasteiger charge is -2.33. The number of aromatic amines is 1. The minimum Gasteiger partial charge on any atom is -0.369 e. The van der Waals surface area contributed by atoms with Crippen molar-refractivity contribution in [1.82, 2.24) is 25.6 Å². The van der Waals surface area contributed by atoms with Crippen molar-refractivity contribution in [3.8, 4) is 22.5 Å². The van der Waals surface area contributed by atoms with Gasteiger partial charge in [0.1, 0.15) is 5.60 Å². The van der Waals surface area contributed by atoms with E-state index in [1.54, 1.807) is 0 Å². The molecule has 0 spiro atoms. The fraction of sp³-hybridized carbons (Fsp3) is 0.455. The Kier molecular flexibility index (Phi) is 4.61. The summed E-state index contributed by atoms with van der Waals surface area (Å²) in [6, 6.07) is 9.59. The van der Waals surface area contributed by atoms with Gasteiger partial charge in [0, 0.05) is 30.7 Å². The number of rotatable bonds is 4. The highest BCUT2D eigenvalue weighted by atomic mass is 19.3. The Morgan fingerprint density at radius 2 is 1.97 bits per heavy atom. The third-order valence-corrected chi connectivity index (χ3v) is 6.28. The summed E-state index contributed by atoms with van der Waals surface area (Å²) in [6.45, 7) is 2.72. The first-order valence-electron chi connectivity index (χ1n) is 10.4. The maximum atomic E-state index is 14.5. The van der Waals surface area contributed by atoms with Crippen molar-refractivity contribution in [2.45, 2.75) is 57.0 Å². The number of aromatic nitrogens is 5. The topological polar surface area (TPSA) is 76.6 Å². The summed E-state index contributed by atoms with van der Waals surface area (Å²) < 4.78 is 35.2. The number of pyridine rings is 1. The van der Waals surface area contributed by atoms with E-state index in [2.05, 4.69) is 27.5 Å². The second-order valence-corrected chi connectivity index (χ2v) is 8.07. The molecule has 0 bridgehead atoms. The third kappa shape index (κ3) is 3.10. The summed E-state index contributed by atoms with van der Waals surface area (Å²) in [5.74, 6) is -2.41. The highest BCUT2D eigenvalue weighted by Gasteiger charge is 2.44. The second kappa shape index (κ2) is 7.19. The SMILES string of the molecule is CCC1(c2nc3c(c(-c4ccccc4)c2-c2nn[nH]n2)CC(F)(F)CC3)CCCO1. The average Bonchev–Trinajstić information content (AvgIpc) is 3.45. The molecule has 1 N–H and O–H groups in total. The van der Waals surface area contributed by atoms with Gasteiger partial charge in [-0.05, 0) is 42.0 Å². The molecule has 2 aliphatic rings. The molecule has 1 saturated heterocycles. The van der Waals surface area contributed by atoms with Gasteiger partial charge in [-0.2, -0.15) is 5.21 Å². The number of halogens is 2. The Morgan fingerprint density at radius 3 is 2.63 bits per heavy atom. The molecule has 1 aliphatic carbocycles. The number of hydrogen-bond acceptors (Lipinski definition) is 5. The molecule has 30 heavy (non-hydrogen) atoms. The van der Waals surface area contributed by atoms with E-state index in [-0.39, 0.29) is 19.3 Å². The average molecular weight is 411 g/mol. The molecule has 1 atom stereocenters. The van der Waals surface area contributed by atoms with Crippen LogP contribution < -0.4 is 0 Å². The fourth-order valence-electron chi connectivity index (χ4n) is 4.79. The smallest absolute Gasteiger partial charge is 0.252 e. The molecule has 1 aromatic carbocycles. The quantitative estimate of drug-likeness (QED) is 0.686. The van der Waals surface area contributed by atoms with E-state index in [9.17, 15) is 8.78 Å². The predicted molar refractivity (Wildman–Crippen MR) is 107 cm³/mol. The van der Waals surface area contributed by atoms with Gasteiger partial charge in [-0.15, -0.1) is 10.2 Å². The van der Waals surface area contributed by atoms with E-state index < -0.39 is 11.5 Å². The Morgan fingerprint density at radius 1 is 1.13 bits per heavy atom. The number of H-pyrrole nitrogens is 1. The molecule has 0 radical (unpaired) electrons. The van der Waals surface area contributed by atoms with Crippen LogP contribution in [0.3, 0.4) is 0 Å². The largest absolute Gasteiger partial charge is 0.369 e. The molecule has 156 valence electrons. The van der Waals surface area contributed by atoms with Gasteiger partial charge in [0.25, 0.3) is 5.92 Å². The van der Waals surface area contributed by atoms with Gasteiger partial charge in [-0.25, -0.2) is 8.78 Å². The molecule has 8 heteroatoms. The number of aryl methyl sites for hydroxylation is 1. The van der Waals surface area contributed by atoms with Crippen LogP contribution in [0.2, 0.25) is 0 Å². The van der Waals surface area contributed by atoms with Gasteiger partial charge >= 0.3 is 0 Å². The molecule has 3 heterocycles. The van der Waals surface area contributed by atoms with Crippen LogP contribution >= 0.6 is 0 Å². The lowest BCUT2D eigenvalue weighted by atomic mass is 9.80. The van der Waals surface area contributed by atoms with Gasteiger partial charge in [0.05, 0.1) is 11.3 Å². The zero-order valence-electron chi connectivity index (χ0n) is 16.8. The first kappa shape index (κ1) is 19.2. The Hall–Kier alpha value is -2.74. The van der Waals surface area contributed by atoms with E-state index in [0.29, 0.717) is 23.6 Å². The molecule has 0 amide bonds. The first-order valence-corrected chi connectivity index (χ1v) is 10.4. The van der Waals surface area contributed by atoms with Crippen molar-refractivity contribution < 1.29 is 13.5 Å². The van der Waals surface area contributed by atoms with E-state index >= 15 is 0 Å². The maximum Gasteiger partial charge on any atom is 0.252 e. The highest BCUT2D eigenvalue weighted by Crippen LogP contribution is 2.48. The van der Waals surface area contributed by atoms with Crippen LogP contribution in [-0.2, 0) is 23.2 Å². The fourth-order valence-corrected chi connectivity index (χ4v) is 4.79.